The summed E-state index contributed by atoms with van der Waals surface area (Å²) >= 11 is 0. The van der Waals surface area contributed by atoms with Crippen LogP contribution in [0.2, 0.25) is 0 Å². The number of aliphatic hydroxyl groups is 1. The Morgan fingerprint density at radius 1 is 1.23 bits per heavy atom. The second-order valence-corrected chi connectivity index (χ2v) is 7.74. The predicted octanol–water partition coefficient (Wildman–Crippen LogP) is 2.86. The van der Waals surface area contributed by atoms with Crippen LogP contribution in [-0.4, -0.2) is 39.8 Å². The maximum Gasteiger partial charge on any atom is 0.137 e. The largest absolute Gasteiger partial charge is 0.496 e. The van der Waals surface area contributed by atoms with Gasteiger partial charge in [0.05, 0.1) is 7.11 Å². The van der Waals surface area contributed by atoms with Crippen molar-refractivity contribution in [3.63, 3.8) is 0 Å². The van der Waals surface area contributed by atoms with Gasteiger partial charge in [-0.05, 0) is 68.3 Å². The van der Waals surface area contributed by atoms with E-state index < -0.39 is 6.10 Å². The number of fused-ring (bicyclic) bond motifs is 1. The van der Waals surface area contributed by atoms with Crippen LogP contribution in [0.1, 0.15) is 47.9 Å². The van der Waals surface area contributed by atoms with Crippen molar-refractivity contribution in [1.82, 2.24) is 14.5 Å². The monoisotopic (exact) mass is 355 g/mol. The van der Waals surface area contributed by atoms with Crippen molar-refractivity contribution >= 4 is 0 Å². The van der Waals surface area contributed by atoms with E-state index in [-0.39, 0.29) is 5.92 Å². The number of aliphatic hydroxyl groups excluding tert-OH is 1. The molecule has 140 valence electrons. The molecule has 1 atom stereocenters. The zero-order valence-corrected chi connectivity index (χ0v) is 15.8. The molecular formula is C21H29N3O2. The third kappa shape index (κ3) is 3.38. The first kappa shape index (κ1) is 17.6. The SMILES string of the molecule is COc1cc2c(cc1CN1CCC([C@H](O)c3nccn3C)CC1)CCC2. The maximum atomic E-state index is 10.7. The third-order valence-corrected chi connectivity index (χ3v) is 6.09. The predicted molar refractivity (Wildman–Crippen MR) is 101 cm³/mol. The standard InChI is InChI=1S/C21H29N3O2/c1-23-11-8-22-21(23)20(25)15-6-9-24(10-7-15)14-18-12-16-4-3-5-17(16)13-19(18)26-2/h8,11-13,15,20,25H,3-7,9-10,14H2,1-2H3/t20-/m0/s1. The van der Waals surface area contributed by atoms with Gasteiger partial charge in [0.1, 0.15) is 17.7 Å². The number of likely N-dealkylation sites (tertiary alicyclic amines) is 1. The minimum Gasteiger partial charge on any atom is -0.496 e. The number of aryl methyl sites for hydroxylation is 3. The number of imidazole rings is 1. The van der Waals surface area contributed by atoms with Crippen LogP contribution in [0.15, 0.2) is 24.5 Å². The Kier molecular flexibility index (Phi) is 5.00. The zero-order chi connectivity index (χ0) is 18.1. The second-order valence-electron chi connectivity index (χ2n) is 7.74. The van der Waals surface area contributed by atoms with Crippen molar-refractivity contribution in [3.05, 3.63) is 47.0 Å². The fraction of sp³-hybridized carbons (Fsp3) is 0.571. The first-order chi connectivity index (χ1) is 12.7. The third-order valence-electron chi connectivity index (χ3n) is 6.09. The van der Waals surface area contributed by atoms with Crippen LogP contribution < -0.4 is 4.74 Å². The molecule has 1 aliphatic carbocycles. The first-order valence-corrected chi connectivity index (χ1v) is 9.72. The molecule has 26 heavy (non-hydrogen) atoms. The van der Waals surface area contributed by atoms with Gasteiger partial charge < -0.3 is 14.4 Å². The second kappa shape index (κ2) is 7.41. The van der Waals surface area contributed by atoms with Crippen LogP contribution in [0.5, 0.6) is 5.75 Å². The van der Waals surface area contributed by atoms with Crippen LogP contribution in [0, 0.1) is 5.92 Å². The molecule has 0 bridgehead atoms. The van der Waals surface area contributed by atoms with Gasteiger partial charge >= 0.3 is 0 Å². The summed E-state index contributed by atoms with van der Waals surface area (Å²) in [6.45, 7) is 2.94. The summed E-state index contributed by atoms with van der Waals surface area (Å²) in [6.07, 6.45) is 8.83. The smallest absolute Gasteiger partial charge is 0.137 e. The summed E-state index contributed by atoms with van der Waals surface area (Å²) in [5, 5.41) is 10.7. The summed E-state index contributed by atoms with van der Waals surface area (Å²) in [7, 11) is 3.72. The van der Waals surface area contributed by atoms with Crippen molar-refractivity contribution in [3.8, 4) is 5.75 Å². The fourth-order valence-corrected chi connectivity index (χ4v) is 4.51. The Morgan fingerprint density at radius 3 is 2.62 bits per heavy atom. The molecule has 2 aromatic rings. The molecule has 1 fully saturated rings. The van der Waals surface area contributed by atoms with Crippen molar-refractivity contribution in [1.29, 1.82) is 0 Å². The molecule has 0 saturated carbocycles. The lowest BCUT2D eigenvalue weighted by Crippen LogP contribution is -2.35. The molecule has 2 aliphatic rings. The van der Waals surface area contributed by atoms with E-state index >= 15 is 0 Å². The lowest BCUT2D eigenvalue weighted by atomic mass is 9.90. The zero-order valence-electron chi connectivity index (χ0n) is 15.8. The van der Waals surface area contributed by atoms with E-state index in [1.54, 1.807) is 13.3 Å². The van der Waals surface area contributed by atoms with Crippen LogP contribution in [0.3, 0.4) is 0 Å². The van der Waals surface area contributed by atoms with Crippen molar-refractivity contribution in [2.24, 2.45) is 13.0 Å². The molecule has 5 nitrogen and oxygen atoms in total. The number of piperidine rings is 1. The van der Waals surface area contributed by atoms with Gasteiger partial charge in [0.25, 0.3) is 0 Å². The minimum atomic E-state index is -0.466. The first-order valence-electron chi connectivity index (χ1n) is 9.72. The highest BCUT2D eigenvalue weighted by Crippen LogP contribution is 2.33. The summed E-state index contributed by atoms with van der Waals surface area (Å²) < 4.78 is 7.58. The molecule has 0 spiro atoms. The Bertz CT molecular complexity index is 763. The molecular weight excluding hydrogens is 326 g/mol. The highest BCUT2D eigenvalue weighted by Gasteiger charge is 2.29. The Hall–Kier alpha value is -1.85. The summed E-state index contributed by atoms with van der Waals surface area (Å²) in [6, 6.07) is 4.60. The number of methoxy groups -OCH3 is 1. The average molecular weight is 355 g/mol. The van der Waals surface area contributed by atoms with Gasteiger partial charge in [0.15, 0.2) is 0 Å². The number of benzene rings is 1. The minimum absolute atomic E-state index is 0.286. The van der Waals surface area contributed by atoms with Crippen molar-refractivity contribution in [2.45, 2.75) is 44.8 Å². The molecule has 0 unspecified atom stereocenters. The van der Waals surface area contributed by atoms with E-state index in [2.05, 4.69) is 22.0 Å². The highest BCUT2D eigenvalue weighted by molar-refractivity contribution is 5.44. The van der Waals surface area contributed by atoms with E-state index in [1.807, 2.05) is 17.8 Å². The summed E-state index contributed by atoms with van der Waals surface area (Å²) in [5.74, 6) is 2.10. The van der Waals surface area contributed by atoms with Gasteiger partial charge in [0, 0.05) is 31.5 Å². The fourth-order valence-electron chi connectivity index (χ4n) is 4.51. The number of nitrogens with zero attached hydrogens (tertiary/aromatic N) is 3. The maximum absolute atomic E-state index is 10.7. The molecule has 0 amide bonds. The molecule has 1 N–H and O–H groups in total. The van der Waals surface area contributed by atoms with Gasteiger partial charge in [-0.25, -0.2) is 4.98 Å². The molecule has 4 rings (SSSR count). The molecule has 2 heterocycles. The van der Waals surface area contributed by atoms with E-state index in [1.165, 1.54) is 36.0 Å². The number of ether oxygens (including phenoxy) is 1. The van der Waals surface area contributed by atoms with Crippen LogP contribution in [-0.2, 0) is 26.4 Å². The average Bonchev–Trinajstić information content (AvgIpc) is 3.29. The van der Waals surface area contributed by atoms with Gasteiger partial charge in [-0.15, -0.1) is 0 Å². The van der Waals surface area contributed by atoms with Gasteiger partial charge in [-0.2, -0.15) is 0 Å². The van der Waals surface area contributed by atoms with E-state index in [9.17, 15) is 5.11 Å². The molecule has 0 radical (unpaired) electrons. The molecule has 1 aliphatic heterocycles. The highest BCUT2D eigenvalue weighted by atomic mass is 16.5. The lowest BCUT2D eigenvalue weighted by molar-refractivity contribution is 0.0490. The van der Waals surface area contributed by atoms with E-state index in [0.29, 0.717) is 0 Å². The van der Waals surface area contributed by atoms with E-state index in [0.717, 1.165) is 44.0 Å². The number of hydrogen-bond donors (Lipinski definition) is 1. The Balaban J connectivity index is 1.39. The quantitative estimate of drug-likeness (QED) is 0.896. The number of hydrogen-bond acceptors (Lipinski definition) is 4. The molecule has 1 saturated heterocycles. The topological polar surface area (TPSA) is 50.5 Å². The van der Waals surface area contributed by atoms with E-state index in [4.69, 9.17) is 4.74 Å². The number of aromatic nitrogens is 2. The molecule has 5 heteroatoms. The number of rotatable bonds is 5. The van der Waals surface area contributed by atoms with Gasteiger partial charge in [-0.1, -0.05) is 6.07 Å². The van der Waals surface area contributed by atoms with Crippen molar-refractivity contribution in [2.75, 3.05) is 20.2 Å². The normalized spacial score (nSPS) is 19.5. The van der Waals surface area contributed by atoms with Gasteiger partial charge in [0.2, 0.25) is 0 Å². The molecule has 1 aromatic heterocycles. The Morgan fingerprint density at radius 2 is 1.96 bits per heavy atom. The van der Waals surface area contributed by atoms with Crippen LogP contribution in [0.25, 0.3) is 0 Å². The van der Waals surface area contributed by atoms with Crippen LogP contribution in [0.4, 0.5) is 0 Å². The summed E-state index contributed by atoms with van der Waals surface area (Å²) in [4.78, 5) is 6.80. The van der Waals surface area contributed by atoms with Gasteiger partial charge in [-0.3, -0.25) is 4.90 Å². The lowest BCUT2D eigenvalue weighted by Gasteiger charge is -2.34. The molecule has 1 aromatic carbocycles. The Labute approximate surface area is 155 Å². The van der Waals surface area contributed by atoms with Crippen molar-refractivity contribution < 1.29 is 9.84 Å². The summed E-state index contributed by atoms with van der Waals surface area (Å²) in [5.41, 5.74) is 4.26. The van der Waals surface area contributed by atoms with Crippen LogP contribution >= 0.6 is 0 Å².